The number of benzene rings is 3. The lowest BCUT2D eigenvalue weighted by Gasteiger charge is -2.20. The van der Waals surface area contributed by atoms with Crippen LogP contribution >= 0.6 is 23.2 Å². The van der Waals surface area contributed by atoms with E-state index in [-0.39, 0.29) is 22.3 Å². The highest BCUT2D eigenvalue weighted by atomic mass is 35.5. The predicted molar refractivity (Wildman–Crippen MR) is 124 cm³/mol. The van der Waals surface area contributed by atoms with Gasteiger partial charge in [-0.05, 0) is 41.0 Å². The molecule has 1 atom stereocenters. The average molecular weight is 458 g/mol. The number of hydrogen-bond acceptors (Lipinski definition) is 4. The molecule has 0 aliphatic carbocycles. The summed E-state index contributed by atoms with van der Waals surface area (Å²) in [5, 5.41) is 19.2. The SMILES string of the molecule is CC(C)C(NC(=O)c1ccc(Cl)c(Cl)c1)C(=O)NN=Cc1c(O)ccc2ccccc12. The van der Waals surface area contributed by atoms with Gasteiger partial charge in [0.1, 0.15) is 11.8 Å². The number of carbonyl (C=O) groups is 2. The number of phenols is 1. The molecule has 0 aromatic heterocycles. The van der Waals surface area contributed by atoms with Crippen molar-refractivity contribution in [2.24, 2.45) is 11.0 Å². The second-order valence-electron chi connectivity index (χ2n) is 7.28. The van der Waals surface area contributed by atoms with Crippen LogP contribution in [0.3, 0.4) is 0 Å². The molecule has 0 aliphatic heterocycles. The monoisotopic (exact) mass is 457 g/mol. The van der Waals surface area contributed by atoms with Crippen molar-refractivity contribution in [1.29, 1.82) is 0 Å². The number of amides is 2. The van der Waals surface area contributed by atoms with Crippen LogP contribution in [-0.2, 0) is 4.79 Å². The Morgan fingerprint density at radius 3 is 2.48 bits per heavy atom. The third-order valence-electron chi connectivity index (χ3n) is 4.73. The molecule has 3 aromatic rings. The van der Waals surface area contributed by atoms with Gasteiger partial charge in [-0.1, -0.05) is 67.4 Å². The number of hydrogen-bond donors (Lipinski definition) is 3. The molecule has 3 N–H and O–H groups in total. The Labute approximate surface area is 189 Å². The second kappa shape index (κ2) is 9.81. The summed E-state index contributed by atoms with van der Waals surface area (Å²) < 4.78 is 0. The van der Waals surface area contributed by atoms with Gasteiger partial charge in [-0.15, -0.1) is 0 Å². The van der Waals surface area contributed by atoms with Crippen molar-refractivity contribution in [1.82, 2.24) is 10.7 Å². The van der Waals surface area contributed by atoms with Crippen molar-refractivity contribution in [3.63, 3.8) is 0 Å². The first-order chi connectivity index (χ1) is 14.8. The molecule has 0 saturated heterocycles. The van der Waals surface area contributed by atoms with Crippen LogP contribution in [-0.4, -0.2) is 29.2 Å². The maximum Gasteiger partial charge on any atom is 0.262 e. The molecule has 0 spiro atoms. The molecule has 1 unspecified atom stereocenters. The number of fused-ring (bicyclic) bond motifs is 1. The zero-order valence-electron chi connectivity index (χ0n) is 16.9. The van der Waals surface area contributed by atoms with E-state index in [1.807, 2.05) is 24.3 Å². The first-order valence-corrected chi connectivity index (χ1v) is 10.3. The van der Waals surface area contributed by atoms with E-state index in [4.69, 9.17) is 23.2 Å². The fourth-order valence-corrected chi connectivity index (χ4v) is 3.34. The summed E-state index contributed by atoms with van der Waals surface area (Å²) in [6, 6.07) is 14.5. The number of hydrazone groups is 1. The minimum atomic E-state index is -0.833. The van der Waals surface area contributed by atoms with Gasteiger partial charge in [0.25, 0.3) is 11.8 Å². The van der Waals surface area contributed by atoms with Gasteiger partial charge in [0.15, 0.2) is 0 Å². The highest BCUT2D eigenvalue weighted by Crippen LogP contribution is 2.25. The zero-order chi connectivity index (χ0) is 22.5. The van der Waals surface area contributed by atoms with Gasteiger partial charge in [0.2, 0.25) is 0 Å². The first-order valence-electron chi connectivity index (χ1n) is 9.57. The van der Waals surface area contributed by atoms with Crippen LogP contribution in [0.15, 0.2) is 59.7 Å². The van der Waals surface area contributed by atoms with Gasteiger partial charge in [-0.2, -0.15) is 5.10 Å². The minimum Gasteiger partial charge on any atom is -0.507 e. The van der Waals surface area contributed by atoms with Gasteiger partial charge in [0.05, 0.1) is 16.3 Å². The Morgan fingerprint density at radius 1 is 1.03 bits per heavy atom. The van der Waals surface area contributed by atoms with Crippen molar-refractivity contribution >= 4 is 52.0 Å². The van der Waals surface area contributed by atoms with Crippen LogP contribution in [0.5, 0.6) is 5.75 Å². The predicted octanol–water partition coefficient (Wildman–Crippen LogP) is 4.76. The van der Waals surface area contributed by atoms with Crippen LogP contribution in [0.25, 0.3) is 10.8 Å². The summed E-state index contributed by atoms with van der Waals surface area (Å²) in [7, 11) is 0. The number of halogens is 2. The Hall–Kier alpha value is -3.09. The fourth-order valence-electron chi connectivity index (χ4n) is 3.05. The van der Waals surface area contributed by atoms with E-state index in [1.165, 1.54) is 24.4 Å². The summed E-state index contributed by atoms with van der Waals surface area (Å²) in [5.41, 5.74) is 3.21. The number of aromatic hydroxyl groups is 1. The van der Waals surface area contributed by atoms with E-state index < -0.39 is 17.9 Å². The van der Waals surface area contributed by atoms with Crippen molar-refractivity contribution in [2.45, 2.75) is 19.9 Å². The van der Waals surface area contributed by atoms with Crippen molar-refractivity contribution < 1.29 is 14.7 Å². The maximum atomic E-state index is 12.7. The molecule has 0 radical (unpaired) electrons. The van der Waals surface area contributed by atoms with Crippen molar-refractivity contribution in [3.8, 4) is 5.75 Å². The molecule has 3 aromatic carbocycles. The summed E-state index contributed by atoms with van der Waals surface area (Å²) in [5.74, 6) is -1.10. The molecule has 8 heteroatoms. The molecule has 0 aliphatic rings. The topological polar surface area (TPSA) is 90.8 Å². The Balaban J connectivity index is 1.73. The number of carbonyl (C=O) groups excluding carboxylic acids is 2. The highest BCUT2D eigenvalue weighted by Gasteiger charge is 2.24. The molecule has 0 fully saturated rings. The molecule has 3 rings (SSSR count). The van der Waals surface area contributed by atoms with Crippen molar-refractivity contribution in [3.05, 3.63) is 75.8 Å². The summed E-state index contributed by atoms with van der Waals surface area (Å²) in [6.45, 7) is 3.61. The van der Waals surface area contributed by atoms with Gasteiger partial charge < -0.3 is 10.4 Å². The van der Waals surface area contributed by atoms with E-state index >= 15 is 0 Å². The molecular weight excluding hydrogens is 437 g/mol. The normalized spacial score (nSPS) is 12.3. The quantitative estimate of drug-likeness (QED) is 0.368. The number of phenolic OH excluding ortho intramolecular Hbond substituents is 1. The lowest BCUT2D eigenvalue weighted by atomic mass is 10.0. The van der Waals surface area contributed by atoms with E-state index in [9.17, 15) is 14.7 Å². The Bertz CT molecular complexity index is 1160. The zero-order valence-corrected chi connectivity index (χ0v) is 18.4. The van der Waals surface area contributed by atoms with Crippen LogP contribution in [0, 0.1) is 5.92 Å². The van der Waals surface area contributed by atoms with E-state index in [0.29, 0.717) is 10.6 Å². The summed E-state index contributed by atoms with van der Waals surface area (Å²) in [4.78, 5) is 25.2. The van der Waals surface area contributed by atoms with E-state index in [0.717, 1.165) is 10.8 Å². The molecule has 0 bridgehead atoms. The van der Waals surface area contributed by atoms with Crippen LogP contribution in [0.4, 0.5) is 0 Å². The molecule has 2 amide bonds. The maximum absolute atomic E-state index is 12.7. The summed E-state index contributed by atoms with van der Waals surface area (Å²) >= 11 is 11.9. The molecule has 31 heavy (non-hydrogen) atoms. The highest BCUT2D eigenvalue weighted by molar-refractivity contribution is 6.42. The minimum absolute atomic E-state index is 0.0463. The van der Waals surface area contributed by atoms with Crippen LogP contribution < -0.4 is 10.7 Å². The number of nitrogens with one attached hydrogen (secondary N) is 2. The number of rotatable bonds is 6. The second-order valence-corrected chi connectivity index (χ2v) is 8.09. The molecule has 0 saturated carbocycles. The van der Waals surface area contributed by atoms with Gasteiger partial charge >= 0.3 is 0 Å². The van der Waals surface area contributed by atoms with Gasteiger partial charge in [-0.3, -0.25) is 9.59 Å². The number of nitrogens with zero attached hydrogens (tertiary/aromatic N) is 1. The Kier molecular flexibility index (Phi) is 7.15. The lowest BCUT2D eigenvalue weighted by Crippen LogP contribution is -2.48. The third-order valence-corrected chi connectivity index (χ3v) is 5.47. The molecule has 6 nitrogen and oxygen atoms in total. The smallest absolute Gasteiger partial charge is 0.262 e. The average Bonchev–Trinajstić information content (AvgIpc) is 2.75. The van der Waals surface area contributed by atoms with E-state index in [1.54, 1.807) is 26.0 Å². The molecule has 160 valence electrons. The third kappa shape index (κ3) is 5.34. The molecular formula is C23H21Cl2N3O3. The van der Waals surface area contributed by atoms with Gasteiger partial charge in [-0.25, -0.2) is 5.43 Å². The standard InChI is InChI=1S/C23H21Cl2N3O3/c1-13(2)21(27-22(30)15-7-9-18(24)19(25)11-15)23(31)28-26-12-17-16-6-4-3-5-14(16)8-10-20(17)29/h3-13,21,29H,1-2H3,(H,27,30)(H,28,31). The van der Waals surface area contributed by atoms with Crippen LogP contribution in [0.2, 0.25) is 10.0 Å². The summed E-state index contributed by atoms with van der Waals surface area (Å²) in [6.07, 6.45) is 1.38. The largest absolute Gasteiger partial charge is 0.507 e. The van der Waals surface area contributed by atoms with Gasteiger partial charge in [0, 0.05) is 11.1 Å². The first kappa shape index (κ1) is 22.6. The molecule has 0 heterocycles. The Morgan fingerprint density at radius 2 is 1.77 bits per heavy atom. The lowest BCUT2D eigenvalue weighted by molar-refractivity contribution is -0.123. The van der Waals surface area contributed by atoms with E-state index in [2.05, 4.69) is 15.8 Å². The fraction of sp³-hybridized carbons (Fsp3) is 0.174. The van der Waals surface area contributed by atoms with Crippen LogP contribution in [0.1, 0.15) is 29.8 Å². The van der Waals surface area contributed by atoms with Crippen molar-refractivity contribution in [2.75, 3.05) is 0 Å².